The minimum Gasteiger partial charge on any atom is -0.495 e. The number of ether oxygens (including phenoxy) is 1. The number of fused-ring (bicyclic) bond motifs is 1. The highest BCUT2D eigenvalue weighted by Gasteiger charge is 2.51. The molecule has 0 radical (unpaired) electrons. The monoisotopic (exact) mass is 372 g/mol. The molecule has 7 nitrogen and oxygen atoms in total. The van der Waals surface area contributed by atoms with Crippen LogP contribution in [0.15, 0.2) is 24.3 Å². The standard InChI is InChI=1S/C20H24N2O5/c1-27-16-8-3-2-7-15(16)21-11-13(9-17(21)23)19(24)22-10-12-5-4-6-14(12)18(22)20(25)26/h2-3,7-8,12-14,18H,4-6,9-11H2,1H3,(H,25,26). The number of carbonyl (C=O) groups excluding carboxylic acids is 2. The van der Waals surface area contributed by atoms with Gasteiger partial charge < -0.3 is 19.6 Å². The Bertz CT molecular complexity index is 779. The topological polar surface area (TPSA) is 87.2 Å². The Morgan fingerprint density at radius 3 is 2.70 bits per heavy atom. The summed E-state index contributed by atoms with van der Waals surface area (Å²) in [4.78, 5) is 40.6. The average molecular weight is 372 g/mol. The predicted octanol–water partition coefficient (Wildman–Crippen LogP) is 1.76. The zero-order chi connectivity index (χ0) is 19.1. The fourth-order valence-electron chi connectivity index (χ4n) is 5.04. The van der Waals surface area contributed by atoms with Gasteiger partial charge in [-0.15, -0.1) is 0 Å². The van der Waals surface area contributed by atoms with E-state index in [1.807, 2.05) is 12.1 Å². The van der Waals surface area contributed by atoms with E-state index in [0.29, 0.717) is 18.0 Å². The fraction of sp³-hybridized carbons (Fsp3) is 0.550. The van der Waals surface area contributed by atoms with Gasteiger partial charge in [0.25, 0.3) is 0 Å². The van der Waals surface area contributed by atoms with Crippen LogP contribution in [0, 0.1) is 17.8 Å². The van der Waals surface area contributed by atoms with Crippen LogP contribution in [0.1, 0.15) is 25.7 Å². The molecule has 2 amide bonds. The molecule has 2 heterocycles. The summed E-state index contributed by atoms with van der Waals surface area (Å²) < 4.78 is 5.33. The van der Waals surface area contributed by atoms with E-state index in [1.54, 1.807) is 24.1 Å². The van der Waals surface area contributed by atoms with E-state index in [1.165, 1.54) is 4.90 Å². The molecule has 27 heavy (non-hydrogen) atoms. The van der Waals surface area contributed by atoms with E-state index in [0.717, 1.165) is 19.3 Å². The number of hydrogen-bond acceptors (Lipinski definition) is 4. The van der Waals surface area contributed by atoms with Crippen LogP contribution in [-0.4, -0.2) is 54.0 Å². The molecule has 1 aliphatic carbocycles. The number of likely N-dealkylation sites (tertiary alicyclic amines) is 1. The van der Waals surface area contributed by atoms with Crippen molar-refractivity contribution in [2.45, 2.75) is 31.7 Å². The highest BCUT2D eigenvalue weighted by atomic mass is 16.5. The Balaban J connectivity index is 1.53. The number of rotatable bonds is 4. The number of carboxylic acid groups (broad SMARTS) is 1. The molecule has 4 rings (SSSR count). The summed E-state index contributed by atoms with van der Waals surface area (Å²) in [5, 5.41) is 9.68. The fourth-order valence-corrected chi connectivity index (χ4v) is 5.04. The van der Waals surface area contributed by atoms with Crippen LogP contribution >= 0.6 is 0 Å². The molecule has 0 aromatic heterocycles. The van der Waals surface area contributed by atoms with Crippen LogP contribution in [0.5, 0.6) is 5.75 Å². The highest BCUT2D eigenvalue weighted by Crippen LogP contribution is 2.43. The van der Waals surface area contributed by atoms with Gasteiger partial charge in [0.05, 0.1) is 18.7 Å². The summed E-state index contributed by atoms with van der Waals surface area (Å²) in [7, 11) is 1.54. The average Bonchev–Trinajstić information content (AvgIpc) is 3.34. The van der Waals surface area contributed by atoms with Crippen molar-refractivity contribution in [1.82, 2.24) is 4.90 Å². The van der Waals surface area contributed by atoms with E-state index in [2.05, 4.69) is 0 Å². The van der Waals surface area contributed by atoms with Crippen LogP contribution in [0.3, 0.4) is 0 Å². The van der Waals surface area contributed by atoms with E-state index in [9.17, 15) is 19.5 Å². The number of benzene rings is 1. The number of hydrogen-bond donors (Lipinski definition) is 1. The Hall–Kier alpha value is -2.57. The number of aliphatic carboxylic acids is 1. The van der Waals surface area contributed by atoms with Gasteiger partial charge in [0.15, 0.2) is 0 Å². The lowest BCUT2D eigenvalue weighted by Crippen LogP contribution is -2.46. The largest absolute Gasteiger partial charge is 0.495 e. The second-order valence-electron chi connectivity index (χ2n) is 7.71. The third kappa shape index (κ3) is 2.95. The van der Waals surface area contributed by atoms with Crippen molar-refractivity contribution in [2.75, 3.05) is 25.1 Å². The second kappa shape index (κ2) is 6.87. The number of anilines is 1. The molecule has 2 aliphatic heterocycles. The molecular formula is C20H24N2O5. The first-order valence-corrected chi connectivity index (χ1v) is 9.48. The third-order valence-electron chi connectivity index (χ3n) is 6.28. The molecule has 0 spiro atoms. The van der Waals surface area contributed by atoms with E-state index in [-0.39, 0.29) is 36.6 Å². The Kier molecular flexibility index (Phi) is 4.53. The molecule has 3 aliphatic rings. The van der Waals surface area contributed by atoms with Crippen molar-refractivity contribution in [3.05, 3.63) is 24.3 Å². The molecule has 2 saturated heterocycles. The third-order valence-corrected chi connectivity index (χ3v) is 6.28. The van der Waals surface area contributed by atoms with Crippen molar-refractivity contribution in [3.8, 4) is 5.75 Å². The number of methoxy groups -OCH3 is 1. The molecule has 0 bridgehead atoms. The maximum atomic E-state index is 13.1. The Morgan fingerprint density at radius 1 is 1.19 bits per heavy atom. The van der Waals surface area contributed by atoms with Crippen LogP contribution in [0.2, 0.25) is 0 Å². The zero-order valence-electron chi connectivity index (χ0n) is 15.3. The lowest BCUT2D eigenvalue weighted by Gasteiger charge is -2.27. The first-order valence-electron chi connectivity index (χ1n) is 9.48. The van der Waals surface area contributed by atoms with Crippen molar-refractivity contribution in [3.63, 3.8) is 0 Å². The first kappa shape index (κ1) is 17.8. The molecule has 1 aromatic carbocycles. The van der Waals surface area contributed by atoms with Gasteiger partial charge in [0.1, 0.15) is 11.8 Å². The summed E-state index contributed by atoms with van der Waals surface area (Å²) >= 11 is 0. The van der Waals surface area contributed by atoms with Gasteiger partial charge in [0, 0.05) is 19.5 Å². The second-order valence-corrected chi connectivity index (χ2v) is 7.71. The molecular weight excluding hydrogens is 348 g/mol. The van der Waals surface area contributed by atoms with Crippen molar-refractivity contribution in [2.24, 2.45) is 17.8 Å². The first-order chi connectivity index (χ1) is 13.0. The molecule has 144 valence electrons. The van der Waals surface area contributed by atoms with E-state index >= 15 is 0 Å². The molecule has 1 N–H and O–H groups in total. The van der Waals surface area contributed by atoms with Crippen molar-refractivity contribution >= 4 is 23.5 Å². The van der Waals surface area contributed by atoms with Gasteiger partial charge in [-0.05, 0) is 36.8 Å². The summed E-state index contributed by atoms with van der Waals surface area (Å²) in [5.41, 5.74) is 0.647. The van der Waals surface area contributed by atoms with E-state index in [4.69, 9.17) is 4.74 Å². The van der Waals surface area contributed by atoms with Crippen LogP contribution in [0.4, 0.5) is 5.69 Å². The lowest BCUT2D eigenvalue weighted by molar-refractivity contribution is -0.151. The molecule has 7 heteroatoms. The van der Waals surface area contributed by atoms with Crippen LogP contribution in [-0.2, 0) is 14.4 Å². The maximum absolute atomic E-state index is 13.1. The number of carbonyl (C=O) groups is 3. The van der Waals surface area contributed by atoms with Gasteiger partial charge >= 0.3 is 5.97 Å². The Morgan fingerprint density at radius 2 is 1.96 bits per heavy atom. The predicted molar refractivity (Wildman–Crippen MR) is 97.4 cm³/mol. The van der Waals surface area contributed by atoms with Gasteiger partial charge in [-0.2, -0.15) is 0 Å². The van der Waals surface area contributed by atoms with Crippen LogP contribution < -0.4 is 9.64 Å². The maximum Gasteiger partial charge on any atom is 0.326 e. The summed E-state index contributed by atoms with van der Waals surface area (Å²) in [5.74, 6) is -0.872. The number of amides is 2. The zero-order valence-corrected chi connectivity index (χ0v) is 15.3. The SMILES string of the molecule is COc1ccccc1N1CC(C(=O)N2CC3CCCC3C2C(=O)O)CC1=O. The number of carboxylic acids is 1. The molecule has 4 atom stereocenters. The normalized spacial score (nSPS) is 29.9. The number of para-hydroxylation sites is 2. The quantitative estimate of drug-likeness (QED) is 0.870. The molecule has 3 fully saturated rings. The van der Waals surface area contributed by atoms with Gasteiger partial charge in [0.2, 0.25) is 11.8 Å². The Labute approximate surface area is 157 Å². The summed E-state index contributed by atoms with van der Waals surface area (Å²) in [6.45, 7) is 0.760. The lowest BCUT2D eigenvalue weighted by atomic mass is 9.94. The van der Waals surface area contributed by atoms with Gasteiger partial charge in [-0.25, -0.2) is 4.79 Å². The van der Waals surface area contributed by atoms with Crippen molar-refractivity contribution in [1.29, 1.82) is 0 Å². The molecule has 1 aromatic rings. The van der Waals surface area contributed by atoms with Crippen molar-refractivity contribution < 1.29 is 24.2 Å². The van der Waals surface area contributed by atoms with Gasteiger partial charge in [-0.1, -0.05) is 18.6 Å². The smallest absolute Gasteiger partial charge is 0.326 e. The van der Waals surface area contributed by atoms with E-state index < -0.39 is 17.9 Å². The minimum absolute atomic E-state index is 0.0499. The minimum atomic E-state index is -0.927. The molecule has 4 unspecified atom stereocenters. The highest BCUT2D eigenvalue weighted by molar-refractivity contribution is 6.01. The summed E-state index contributed by atoms with van der Waals surface area (Å²) in [6.07, 6.45) is 2.98. The van der Waals surface area contributed by atoms with Gasteiger partial charge in [-0.3, -0.25) is 9.59 Å². The summed E-state index contributed by atoms with van der Waals surface area (Å²) in [6, 6.07) is 6.47. The molecule has 1 saturated carbocycles. The number of nitrogens with zero attached hydrogens (tertiary/aromatic N) is 2. The van der Waals surface area contributed by atoms with Crippen LogP contribution in [0.25, 0.3) is 0 Å².